The Kier molecular flexibility index (Phi) is 4.22. The van der Waals surface area contributed by atoms with Crippen molar-refractivity contribution >= 4 is 21.7 Å². The molecule has 0 heterocycles. The number of hydrogen-bond donors (Lipinski definition) is 1. The smallest absolute Gasteiger partial charge is 0.147 e. The zero-order chi connectivity index (χ0) is 10.6. The predicted octanol–water partition coefficient (Wildman–Crippen LogP) is 1.82. The van der Waals surface area contributed by atoms with Crippen LogP contribution in [-0.4, -0.2) is 16.2 Å². The third-order valence-corrected chi connectivity index (χ3v) is 2.50. The summed E-state index contributed by atoms with van der Waals surface area (Å²) in [7, 11) is 0. The lowest BCUT2D eigenvalue weighted by Crippen LogP contribution is -2.06. The lowest BCUT2D eigenvalue weighted by atomic mass is 10.0. The highest BCUT2D eigenvalue weighted by Gasteiger charge is 2.07. The molecule has 0 spiro atoms. The lowest BCUT2D eigenvalue weighted by molar-refractivity contribution is -0.115. The normalized spacial score (nSPS) is 10.2. The number of hydrogen-bond acceptors (Lipinski definition) is 2. The maximum absolute atomic E-state index is 12.7. The summed E-state index contributed by atoms with van der Waals surface area (Å²) in [6.07, 6.45) is 0.224. The number of ketones is 1. The third-order valence-electron chi connectivity index (χ3n) is 1.88. The van der Waals surface area contributed by atoms with Crippen molar-refractivity contribution in [2.45, 2.75) is 13.0 Å². The van der Waals surface area contributed by atoms with Gasteiger partial charge in [0.1, 0.15) is 11.6 Å². The number of aliphatic hydroxyl groups excluding tert-OH is 1. The van der Waals surface area contributed by atoms with Gasteiger partial charge in [0.05, 0.1) is 11.9 Å². The van der Waals surface area contributed by atoms with Crippen molar-refractivity contribution in [1.82, 2.24) is 0 Å². The van der Waals surface area contributed by atoms with Crippen LogP contribution in [0, 0.1) is 5.82 Å². The van der Waals surface area contributed by atoms with Gasteiger partial charge in [-0.3, -0.25) is 4.79 Å². The first-order valence-corrected chi connectivity index (χ1v) is 5.25. The number of alkyl halides is 1. The molecule has 0 bridgehead atoms. The molecule has 0 aliphatic heterocycles. The second kappa shape index (κ2) is 5.22. The van der Waals surface area contributed by atoms with E-state index in [1.165, 1.54) is 18.2 Å². The third kappa shape index (κ3) is 2.89. The van der Waals surface area contributed by atoms with Crippen LogP contribution in [0.4, 0.5) is 4.39 Å². The summed E-state index contributed by atoms with van der Waals surface area (Å²) in [6.45, 7) is -0.247. The Morgan fingerprint density at radius 3 is 2.71 bits per heavy atom. The molecule has 0 saturated carbocycles. The first-order valence-electron chi connectivity index (χ1n) is 4.13. The molecule has 1 aromatic rings. The van der Waals surface area contributed by atoms with Crippen molar-refractivity contribution in [3.63, 3.8) is 0 Å². The molecule has 2 nitrogen and oxygen atoms in total. The Morgan fingerprint density at radius 2 is 2.14 bits per heavy atom. The van der Waals surface area contributed by atoms with Crippen molar-refractivity contribution in [2.75, 3.05) is 5.33 Å². The van der Waals surface area contributed by atoms with Crippen LogP contribution in [0.25, 0.3) is 0 Å². The number of rotatable bonds is 4. The summed E-state index contributed by atoms with van der Waals surface area (Å²) in [5.74, 6) is -0.393. The molecule has 4 heteroatoms. The maximum atomic E-state index is 12.7. The van der Waals surface area contributed by atoms with Crippen LogP contribution in [0.15, 0.2) is 18.2 Å². The van der Waals surface area contributed by atoms with Gasteiger partial charge in [0.15, 0.2) is 0 Å². The molecule has 76 valence electrons. The van der Waals surface area contributed by atoms with E-state index < -0.39 is 5.82 Å². The van der Waals surface area contributed by atoms with Gasteiger partial charge in [0, 0.05) is 6.42 Å². The van der Waals surface area contributed by atoms with Gasteiger partial charge in [0.25, 0.3) is 0 Å². The Morgan fingerprint density at radius 1 is 1.43 bits per heavy atom. The highest BCUT2D eigenvalue weighted by molar-refractivity contribution is 9.09. The van der Waals surface area contributed by atoms with Gasteiger partial charge >= 0.3 is 0 Å². The highest BCUT2D eigenvalue weighted by Crippen LogP contribution is 2.12. The average Bonchev–Trinajstić information content (AvgIpc) is 2.20. The zero-order valence-corrected chi connectivity index (χ0v) is 9.05. The fraction of sp³-hybridized carbons (Fsp3) is 0.300. The molecular weight excluding hydrogens is 251 g/mol. The van der Waals surface area contributed by atoms with E-state index in [0.29, 0.717) is 11.1 Å². The van der Waals surface area contributed by atoms with Gasteiger partial charge in [-0.2, -0.15) is 0 Å². The van der Waals surface area contributed by atoms with Gasteiger partial charge in [-0.15, -0.1) is 0 Å². The van der Waals surface area contributed by atoms with Crippen LogP contribution in [0.1, 0.15) is 11.1 Å². The zero-order valence-electron chi connectivity index (χ0n) is 7.46. The van der Waals surface area contributed by atoms with E-state index in [4.69, 9.17) is 5.11 Å². The molecule has 0 unspecified atom stereocenters. The SMILES string of the molecule is O=C(CBr)Cc1ccc(F)cc1CO. The second-order valence-corrected chi connectivity index (χ2v) is 3.48. The van der Waals surface area contributed by atoms with Crippen molar-refractivity contribution in [1.29, 1.82) is 0 Å². The van der Waals surface area contributed by atoms with Gasteiger partial charge in [-0.05, 0) is 23.3 Å². The van der Waals surface area contributed by atoms with E-state index >= 15 is 0 Å². The number of carbonyl (C=O) groups is 1. The molecule has 1 rings (SSSR count). The molecular formula is C10H10BrFO2. The molecule has 0 atom stereocenters. The quantitative estimate of drug-likeness (QED) is 0.839. The molecule has 1 N–H and O–H groups in total. The summed E-state index contributed by atoms with van der Waals surface area (Å²) in [5, 5.41) is 9.21. The molecule has 0 aliphatic rings. The minimum Gasteiger partial charge on any atom is -0.392 e. The maximum Gasteiger partial charge on any atom is 0.147 e. The fourth-order valence-corrected chi connectivity index (χ4v) is 1.37. The first-order chi connectivity index (χ1) is 6.67. The molecule has 0 saturated heterocycles. The van der Waals surface area contributed by atoms with Gasteiger partial charge in [-0.1, -0.05) is 22.0 Å². The topological polar surface area (TPSA) is 37.3 Å². The van der Waals surface area contributed by atoms with Crippen LogP contribution in [0.3, 0.4) is 0 Å². The first kappa shape index (κ1) is 11.3. The molecule has 1 aromatic carbocycles. The summed E-state index contributed by atoms with van der Waals surface area (Å²) >= 11 is 3.05. The minimum absolute atomic E-state index is 0.00584. The van der Waals surface area contributed by atoms with Gasteiger partial charge in [0.2, 0.25) is 0 Å². The number of benzene rings is 1. The number of Topliss-reactive ketones (excluding diaryl/α,β-unsaturated/α-hetero) is 1. The van der Waals surface area contributed by atoms with E-state index in [0.717, 1.165) is 0 Å². The molecule has 0 aromatic heterocycles. The molecule has 0 fully saturated rings. The van der Waals surface area contributed by atoms with E-state index in [1.54, 1.807) is 0 Å². The molecule has 0 amide bonds. The Balaban J connectivity index is 2.90. The van der Waals surface area contributed by atoms with Crippen molar-refractivity contribution in [3.8, 4) is 0 Å². The van der Waals surface area contributed by atoms with E-state index in [1.807, 2.05) is 0 Å². The Hall–Kier alpha value is -0.740. The standard InChI is InChI=1S/C10H10BrFO2/c11-5-10(14)4-7-1-2-9(12)3-8(7)6-13/h1-3,13H,4-6H2. The van der Waals surface area contributed by atoms with Crippen molar-refractivity contribution < 1.29 is 14.3 Å². The summed E-state index contributed by atoms with van der Waals surface area (Å²) in [4.78, 5) is 11.1. The molecule has 14 heavy (non-hydrogen) atoms. The van der Waals surface area contributed by atoms with Crippen molar-refractivity contribution in [2.24, 2.45) is 0 Å². The molecule has 0 aliphatic carbocycles. The average molecular weight is 261 g/mol. The van der Waals surface area contributed by atoms with Gasteiger partial charge in [-0.25, -0.2) is 4.39 Å². The minimum atomic E-state index is -0.399. The Labute approximate surface area is 89.9 Å². The monoisotopic (exact) mass is 260 g/mol. The number of halogens is 2. The van der Waals surface area contributed by atoms with Crippen LogP contribution in [-0.2, 0) is 17.8 Å². The summed E-state index contributed by atoms with van der Waals surface area (Å²) < 4.78 is 12.7. The van der Waals surface area contributed by atoms with Gasteiger partial charge < -0.3 is 5.11 Å². The lowest BCUT2D eigenvalue weighted by Gasteiger charge is -2.05. The predicted molar refractivity (Wildman–Crippen MR) is 54.8 cm³/mol. The van der Waals surface area contributed by atoms with Crippen LogP contribution in [0.5, 0.6) is 0 Å². The number of aliphatic hydroxyl groups is 1. The van der Waals surface area contributed by atoms with Crippen LogP contribution in [0.2, 0.25) is 0 Å². The second-order valence-electron chi connectivity index (χ2n) is 2.92. The summed E-state index contributed by atoms with van der Waals surface area (Å²) in [5.41, 5.74) is 1.15. The largest absolute Gasteiger partial charge is 0.392 e. The van der Waals surface area contributed by atoms with E-state index in [9.17, 15) is 9.18 Å². The van der Waals surface area contributed by atoms with E-state index in [2.05, 4.69) is 15.9 Å². The van der Waals surface area contributed by atoms with Crippen LogP contribution >= 0.6 is 15.9 Å². The summed E-state index contributed by atoms with van der Waals surface area (Å²) in [6, 6.07) is 4.06. The van der Waals surface area contributed by atoms with Crippen LogP contribution < -0.4 is 0 Å². The highest BCUT2D eigenvalue weighted by atomic mass is 79.9. The Bertz CT molecular complexity index is 339. The molecule has 0 radical (unpaired) electrons. The van der Waals surface area contributed by atoms with E-state index in [-0.39, 0.29) is 24.1 Å². The van der Waals surface area contributed by atoms with Crippen molar-refractivity contribution in [3.05, 3.63) is 35.1 Å². The number of carbonyl (C=O) groups excluding carboxylic acids is 1. The fourth-order valence-electron chi connectivity index (χ4n) is 1.17.